The molecule has 5 rings (SSSR count). The number of carbonyl (C=O) groups excluding carboxylic acids is 2. The molecule has 1 amide bonds. The SMILES string of the molecule is Cc1ccc(/C(O)=C2\C(=O)C(=O)N(c3nc4ccc(C(C)C)cc4s3)C2c2ccccn2)cc1. The number of aliphatic hydroxyl groups excluding tert-OH is 1. The standard InChI is InChI=1S/C27H23N3O3S/c1-15(2)18-11-12-19-21(14-18)34-27(29-19)30-23(20-6-4-5-13-28-20)22(25(32)26(30)33)24(31)17-9-7-16(3)8-10-17/h4-15,23,31H,1-3H3/b24-22+. The van der Waals surface area contributed by atoms with Gasteiger partial charge in [0.2, 0.25) is 0 Å². The fourth-order valence-electron chi connectivity index (χ4n) is 4.11. The van der Waals surface area contributed by atoms with Crippen molar-refractivity contribution in [3.63, 3.8) is 0 Å². The molecule has 7 heteroatoms. The number of carbonyl (C=O) groups is 2. The highest BCUT2D eigenvalue weighted by molar-refractivity contribution is 7.22. The number of aryl methyl sites for hydroxylation is 1. The Kier molecular flexibility index (Phi) is 5.49. The molecule has 34 heavy (non-hydrogen) atoms. The molecule has 0 radical (unpaired) electrons. The third-order valence-electron chi connectivity index (χ3n) is 6.01. The predicted octanol–water partition coefficient (Wildman–Crippen LogP) is 5.75. The molecule has 1 fully saturated rings. The summed E-state index contributed by atoms with van der Waals surface area (Å²) in [6, 6.07) is 17.6. The molecular formula is C27H23N3O3S. The van der Waals surface area contributed by atoms with Crippen LogP contribution >= 0.6 is 11.3 Å². The number of aromatic nitrogens is 2. The highest BCUT2D eigenvalue weighted by Gasteiger charge is 2.48. The van der Waals surface area contributed by atoms with E-state index < -0.39 is 17.7 Å². The number of anilines is 1. The van der Waals surface area contributed by atoms with Crippen LogP contribution in [0.2, 0.25) is 0 Å². The van der Waals surface area contributed by atoms with Gasteiger partial charge in [0, 0.05) is 11.8 Å². The van der Waals surface area contributed by atoms with Gasteiger partial charge in [-0.05, 0) is 42.7 Å². The molecule has 1 aliphatic heterocycles. The second-order valence-electron chi connectivity index (χ2n) is 8.67. The van der Waals surface area contributed by atoms with Gasteiger partial charge in [-0.25, -0.2) is 4.98 Å². The molecule has 1 N–H and O–H groups in total. The van der Waals surface area contributed by atoms with Crippen LogP contribution in [-0.2, 0) is 9.59 Å². The van der Waals surface area contributed by atoms with Gasteiger partial charge in [0.05, 0.1) is 21.5 Å². The van der Waals surface area contributed by atoms with E-state index in [-0.39, 0.29) is 11.3 Å². The van der Waals surface area contributed by atoms with E-state index in [1.165, 1.54) is 21.8 Å². The maximum absolute atomic E-state index is 13.3. The van der Waals surface area contributed by atoms with Crippen LogP contribution in [0.4, 0.5) is 5.13 Å². The fraction of sp³-hybridized carbons (Fsp3) is 0.185. The number of fused-ring (bicyclic) bond motifs is 1. The van der Waals surface area contributed by atoms with Crippen molar-refractivity contribution in [2.45, 2.75) is 32.7 Å². The molecule has 2 aromatic carbocycles. The van der Waals surface area contributed by atoms with Crippen LogP contribution in [0, 0.1) is 6.92 Å². The van der Waals surface area contributed by atoms with E-state index >= 15 is 0 Å². The molecule has 170 valence electrons. The molecule has 6 nitrogen and oxygen atoms in total. The highest BCUT2D eigenvalue weighted by Crippen LogP contribution is 2.44. The van der Waals surface area contributed by atoms with Crippen LogP contribution in [0.3, 0.4) is 0 Å². The maximum atomic E-state index is 13.3. The van der Waals surface area contributed by atoms with E-state index in [1.54, 1.807) is 36.5 Å². The van der Waals surface area contributed by atoms with Crippen LogP contribution in [0.15, 0.2) is 72.4 Å². The molecule has 0 aliphatic carbocycles. The van der Waals surface area contributed by atoms with Crippen LogP contribution < -0.4 is 4.90 Å². The van der Waals surface area contributed by atoms with Crippen molar-refractivity contribution in [3.8, 4) is 0 Å². The lowest BCUT2D eigenvalue weighted by Crippen LogP contribution is -2.29. The number of ketones is 1. The zero-order valence-corrected chi connectivity index (χ0v) is 19.8. The Morgan fingerprint density at radius 2 is 1.82 bits per heavy atom. The number of Topliss-reactive ketones (excluding diaryl/α,β-unsaturated/α-hetero) is 1. The minimum Gasteiger partial charge on any atom is -0.507 e. The smallest absolute Gasteiger partial charge is 0.301 e. The largest absolute Gasteiger partial charge is 0.507 e. The lowest BCUT2D eigenvalue weighted by Gasteiger charge is -2.21. The third-order valence-corrected chi connectivity index (χ3v) is 7.03. The van der Waals surface area contributed by atoms with E-state index in [2.05, 4.69) is 29.9 Å². The van der Waals surface area contributed by atoms with E-state index in [4.69, 9.17) is 0 Å². The number of thiazole rings is 1. The van der Waals surface area contributed by atoms with Crippen LogP contribution in [0.1, 0.15) is 48.2 Å². The normalized spacial score (nSPS) is 17.8. The van der Waals surface area contributed by atoms with Gasteiger partial charge in [-0.1, -0.05) is 67.1 Å². The van der Waals surface area contributed by atoms with E-state index in [1.807, 2.05) is 31.2 Å². The first-order valence-electron chi connectivity index (χ1n) is 11.0. The summed E-state index contributed by atoms with van der Waals surface area (Å²) < 4.78 is 0.932. The number of hydrogen-bond donors (Lipinski definition) is 1. The Morgan fingerprint density at radius 1 is 1.06 bits per heavy atom. The predicted molar refractivity (Wildman–Crippen MR) is 134 cm³/mol. The topological polar surface area (TPSA) is 83.4 Å². The summed E-state index contributed by atoms with van der Waals surface area (Å²) in [7, 11) is 0. The molecule has 0 saturated carbocycles. The quantitative estimate of drug-likeness (QED) is 0.234. The van der Waals surface area contributed by atoms with Gasteiger partial charge in [-0.2, -0.15) is 0 Å². The lowest BCUT2D eigenvalue weighted by molar-refractivity contribution is -0.132. The van der Waals surface area contributed by atoms with Crippen molar-refractivity contribution < 1.29 is 14.7 Å². The summed E-state index contributed by atoms with van der Waals surface area (Å²) >= 11 is 1.35. The summed E-state index contributed by atoms with van der Waals surface area (Å²) in [4.78, 5) is 37.0. The second-order valence-corrected chi connectivity index (χ2v) is 9.68. The Morgan fingerprint density at radius 3 is 2.50 bits per heavy atom. The Bertz CT molecular complexity index is 1440. The summed E-state index contributed by atoms with van der Waals surface area (Å²) in [6.45, 7) is 6.18. The van der Waals surface area contributed by atoms with Crippen molar-refractivity contribution in [2.75, 3.05) is 4.90 Å². The molecule has 3 heterocycles. The number of nitrogens with zero attached hydrogens (tertiary/aromatic N) is 3. The Hall–Kier alpha value is -3.84. The van der Waals surface area contributed by atoms with Crippen LogP contribution in [0.5, 0.6) is 0 Å². The Labute approximate surface area is 201 Å². The van der Waals surface area contributed by atoms with Gasteiger partial charge in [-0.15, -0.1) is 0 Å². The van der Waals surface area contributed by atoms with Gasteiger partial charge in [0.25, 0.3) is 5.78 Å². The van der Waals surface area contributed by atoms with Crippen molar-refractivity contribution in [3.05, 3.63) is 94.8 Å². The highest BCUT2D eigenvalue weighted by atomic mass is 32.1. The minimum absolute atomic E-state index is 0.00896. The van der Waals surface area contributed by atoms with Crippen LogP contribution in [-0.4, -0.2) is 26.8 Å². The van der Waals surface area contributed by atoms with Gasteiger partial charge in [-0.3, -0.25) is 19.5 Å². The molecule has 1 atom stereocenters. The van der Waals surface area contributed by atoms with Gasteiger partial charge < -0.3 is 5.11 Å². The molecule has 1 unspecified atom stereocenters. The molecule has 1 saturated heterocycles. The van der Waals surface area contributed by atoms with E-state index in [0.717, 1.165) is 15.8 Å². The number of amides is 1. The number of pyridine rings is 1. The van der Waals surface area contributed by atoms with Gasteiger partial charge >= 0.3 is 5.91 Å². The minimum atomic E-state index is -0.882. The average molecular weight is 470 g/mol. The van der Waals surface area contributed by atoms with E-state index in [0.29, 0.717) is 22.3 Å². The van der Waals surface area contributed by atoms with Gasteiger partial charge in [0.1, 0.15) is 11.8 Å². The molecular weight excluding hydrogens is 446 g/mol. The summed E-state index contributed by atoms with van der Waals surface area (Å²) in [5.74, 6) is -1.35. The molecule has 4 aromatic rings. The first-order valence-corrected chi connectivity index (χ1v) is 11.9. The second kappa shape index (κ2) is 8.50. The summed E-state index contributed by atoms with van der Waals surface area (Å²) in [6.07, 6.45) is 1.61. The summed E-state index contributed by atoms with van der Waals surface area (Å²) in [5.41, 5.74) is 3.91. The molecule has 0 spiro atoms. The van der Waals surface area contributed by atoms with Crippen molar-refractivity contribution in [1.82, 2.24) is 9.97 Å². The first-order chi connectivity index (χ1) is 16.3. The fourth-order valence-corrected chi connectivity index (χ4v) is 5.15. The average Bonchev–Trinajstić information content (AvgIpc) is 3.37. The Balaban J connectivity index is 1.70. The molecule has 0 bridgehead atoms. The number of aliphatic hydroxyl groups is 1. The van der Waals surface area contributed by atoms with Crippen molar-refractivity contribution in [2.24, 2.45) is 0 Å². The number of benzene rings is 2. The van der Waals surface area contributed by atoms with Crippen molar-refractivity contribution >= 4 is 44.1 Å². The monoisotopic (exact) mass is 469 g/mol. The lowest BCUT2D eigenvalue weighted by atomic mass is 9.98. The maximum Gasteiger partial charge on any atom is 0.301 e. The van der Waals surface area contributed by atoms with Crippen LogP contribution in [0.25, 0.3) is 16.0 Å². The van der Waals surface area contributed by atoms with Gasteiger partial charge in [0.15, 0.2) is 5.13 Å². The third kappa shape index (κ3) is 3.68. The molecule has 1 aliphatic rings. The molecule has 2 aromatic heterocycles. The zero-order valence-electron chi connectivity index (χ0n) is 19.0. The first kappa shape index (κ1) is 22.0. The number of hydrogen-bond acceptors (Lipinski definition) is 6. The number of rotatable bonds is 4. The van der Waals surface area contributed by atoms with Crippen molar-refractivity contribution in [1.29, 1.82) is 0 Å². The zero-order chi connectivity index (χ0) is 24.0. The summed E-state index contributed by atoms with van der Waals surface area (Å²) in [5, 5.41) is 11.6. The van der Waals surface area contributed by atoms with E-state index in [9.17, 15) is 14.7 Å².